The zero-order chi connectivity index (χ0) is 12.4. The van der Waals surface area contributed by atoms with E-state index in [2.05, 4.69) is 15.9 Å². The van der Waals surface area contributed by atoms with Crippen molar-refractivity contribution in [1.82, 2.24) is 0 Å². The summed E-state index contributed by atoms with van der Waals surface area (Å²) in [7, 11) is 0. The Hall–Kier alpha value is -0.410. The third kappa shape index (κ3) is 3.08. The van der Waals surface area contributed by atoms with E-state index in [9.17, 15) is 0 Å². The van der Waals surface area contributed by atoms with E-state index in [4.69, 9.17) is 39.5 Å². The summed E-state index contributed by atoms with van der Waals surface area (Å²) in [6.45, 7) is 0. The molecule has 0 aliphatic heterocycles. The standard InChI is InChI=1S/C12H6BrCl3O/c13-8-2-1-3-9(15)12(8)17-11-5-4-7(14)6-10(11)16/h1-6H. The third-order valence-corrected chi connectivity index (χ3v) is 3.48. The van der Waals surface area contributed by atoms with Crippen molar-refractivity contribution in [2.75, 3.05) is 0 Å². The highest BCUT2D eigenvalue weighted by atomic mass is 79.9. The molecule has 0 bridgehead atoms. The lowest BCUT2D eigenvalue weighted by Crippen LogP contribution is -1.87. The highest BCUT2D eigenvalue weighted by Crippen LogP contribution is 2.39. The topological polar surface area (TPSA) is 9.23 Å². The van der Waals surface area contributed by atoms with Crippen molar-refractivity contribution in [2.45, 2.75) is 0 Å². The van der Waals surface area contributed by atoms with Crippen molar-refractivity contribution < 1.29 is 4.74 Å². The van der Waals surface area contributed by atoms with Crippen molar-refractivity contribution in [3.63, 3.8) is 0 Å². The predicted molar refractivity (Wildman–Crippen MR) is 75.7 cm³/mol. The summed E-state index contributed by atoms with van der Waals surface area (Å²) in [6, 6.07) is 10.4. The monoisotopic (exact) mass is 350 g/mol. The molecular formula is C12H6BrCl3O. The lowest BCUT2D eigenvalue weighted by molar-refractivity contribution is 0.480. The van der Waals surface area contributed by atoms with Gasteiger partial charge < -0.3 is 4.74 Å². The number of rotatable bonds is 2. The van der Waals surface area contributed by atoms with Crippen molar-refractivity contribution >= 4 is 50.7 Å². The fourth-order valence-corrected chi connectivity index (χ4v) is 2.47. The van der Waals surface area contributed by atoms with E-state index in [0.29, 0.717) is 26.6 Å². The molecule has 0 amide bonds. The van der Waals surface area contributed by atoms with Crippen LogP contribution < -0.4 is 4.74 Å². The Bertz CT molecular complexity index is 537. The number of ether oxygens (including phenoxy) is 1. The molecule has 88 valence electrons. The molecule has 0 saturated heterocycles. The van der Waals surface area contributed by atoms with Crippen molar-refractivity contribution in [3.8, 4) is 11.5 Å². The predicted octanol–water partition coefficient (Wildman–Crippen LogP) is 6.20. The average Bonchev–Trinajstić information content (AvgIpc) is 2.26. The SMILES string of the molecule is Clc1ccc(Oc2c(Cl)cccc2Br)c(Cl)c1. The largest absolute Gasteiger partial charge is 0.453 e. The molecule has 0 radical (unpaired) electrons. The van der Waals surface area contributed by atoms with Gasteiger partial charge in [-0.15, -0.1) is 0 Å². The maximum Gasteiger partial charge on any atom is 0.160 e. The van der Waals surface area contributed by atoms with Gasteiger partial charge in [-0.3, -0.25) is 0 Å². The molecule has 2 aromatic rings. The molecule has 2 aromatic carbocycles. The zero-order valence-electron chi connectivity index (χ0n) is 8.38. The van der Waals surface area contributed by atoms with Gasteiger partial charge in [-0.25, -0.2) is 0 Å². The third-order valence-electron chi connectivity index (χ3n) is 2.02. The second-order valence-corrected chi connectivity index (χ2v) is 5.33. The van der Waals surface area contributed by atoms with Gasteiger partial charge in [0.15, 0.2) is 5.75 Å². The Kier molecular flexibility index (Phi) is 4.21. The van der Waals surface area contributed by atoms with Crippen LogP contribution in [0, 0.1) is 0 Å². The minimum atomic E-state index is 0.435. The van der Waals surface area contributed by atoms with Crippen LogP contribution in [0.1, 0.15) is 0 Å². The molecule has 0 aliphatic rings. The Morgan fingerprint density at radius 2 is 1.71 bits per heavy atom. The normalized spacial score (nSPS) is 10.4. The quantitative estimate of drug-likeness (QED) is 0.625. The van der Waals surface area contributed by atoms with E-state index in [1.165, 1.54) is 0 Å². The summed E-state index contributed by atoms with van der Waals surface area (Å²) in [4.78, 5) is 0. The first-order valence-electron chi connectivity index (χ1n) is 4.65. The molecule has 0 aliphatic carbocycles. The van der Waals surface area contributed by atoms with Gasteiger partial charge in [0.1, 0.15) is 5.75 Å². The van der Waals surface area contributed by atoms with Gasteiger partial charge in [0.2, 0.25) is 0 Å². The molecule has 0 aromatic heterocycles. The molecule has 0 N–H and O–H groups in total. The number of benzene rings is 2. The first-order valence-corrected chi connectivity index (χ1v) is 6.57. The molecule has 0 saturated carbocycles. The summed E-state index contributed by atoms with van der Waals surface area (Å²) < 4.78 is 6.42. The van der Waals surface area contributed by atoms with Crippen LogP contribution in [0.3, 0.4) is 0 Å². The number of halogens is 4. The first kappa shape index (κ1) is 13.0. The molecule has 0 fully saturated rings. The molecule has 5 heteroatoms. The summed E-state index contributed by atoms with van der Waals surface area (Å²) in [6.07, 6.45) is 0. The maximum atomic E-state index is 6.04. The van der Waals surface area contributed by atoms with Gasteiger partial charge in [-0.05, 0) is 46.3 Å². The smallest absolute Gasteiger partial charge is 0.160 e. The maximum absolute atomic E-state index is 6.04. The van der Waals surface area contributed by atoms with Crippen LogP contribution in [-0.4, -0.2) is 0 Å². The number of para-hydroxylation sites is 1. The molecule has 0 unspecified atom stereocenters. The van der Waals surface area contributed by atoms with Gasteiger partial charge in [0, 0.05) is 5.02 Å². The number of hydrogen-bond acceptors (Lipinski definition) is 1. The molecule has 1 nitrogen and oxygen atoms in total. The van der Waals surface area contributed by atoms with E-state index < -0.39 is 0 Å². The number of hydrogen-bond donors (Lipinski definition) is 0. The van der Waals surface area contributed by atoms with Crippen LogP contribution in [0.25, 0.3) is 0 Å². The average molecular weight is 352 g/mol. The Morgan fingerprint density at radius 1 is 0.941 bits per heavy atom. The lowest BCUT2D eigenvalue weighted by atomic mass is 10.3. The van der Waals surface area contributed by atoms with Gasteiger partial charge in [-0.1, -0.05) is 40.9 Å². The van der Waals surface area contributed by atoms with Crippen molar-refractivity contribution in [2.24, 2.45) is 0 Å². The lowest BCUT2D eigenvalue weighted by Gasteiger charge is -2.10. The molecular weight excluding hydrogens is 346 g/mol. The van der Waals surface area contributed by atoms with E-state index >= 15 is 0 Å². The van der Waals surface area contributed by atoms with Gasteiger partial charge >= 0.3 is 0 Å². The Balaban J connectivity index is 2.38. The van der Waals surface area contributed by atoms with Crippen LogP contribution in [-0.2, 0) is 0 Å². The molecule has 2 rings (SSSR count). The van der Waals surface area contributed by atoms with Crippen LogP contribution in [0.15, 0.2) is 40.9 Å². The van der Waals surface area contributed by atoms with E-state index in [1.807, 2.05) is 12.1 Å². The van der Waals surface area contributed by atoms with E-state index in [-0.39, 0.29) is 0 Å². The zero-order valence-corrected chi connectivity index (χ0v) is 12.2. The van der Waals surface area contributed by atoms with Crippen LogP contribution >= 0.6 is 50.7 Å². The summed E-state index contributed by atoms with van der Waals surface area (Å²) in [5.41, 5.74) is 0. The Morgan fingerprint density at radius 3 is 2.35 bits per heavy atom. The van der Waals surface area contributed by atoms with Crippen molar-refractivity contribution in [1.29, 1.82) is 0 Å². The fraction of sp³-hybridized carbons (Fsp3) is 0. The van der Waals surface area contributed by atoms with Gasteiger partial charge in [0.25, 0.3) is 0 Å². The summed E-state index contributed by atoms with van der Waals surface area (Å²) >= 11 is 21.2. The first-order chi connectivity index (χ1) is 8.08. The van der Waals surface area contributed by atoms with E-state index in [1.54, 1.807) is 24.3 Å². The fourth-order valence-electron chi connectivity index (χ4n) is 1.25. The van der Waals surface area contributed by atoms with Crippen LogP contribution in [0.2, 0.25) is 15.1 Å². The van der Waals surface area contributed by atoms with Gasteiger partial charge in [-0.2, -0.15) is 0 Å². The molecule has 0 atom stereocenters. The van der Waals surface area contributed by atoms with Crippen LogP contribution in [0.4, 0.5) is 0 Å². The van der Waals surface area contributed by atoms with Crippen molar-refractivity contribution in [3.05, 3.63) is 55.9 Å². The molecule has 17 heavy (non-hydrogen) atoms. The molecule has 0 spiro atoms. The second-order valence-electron chi connectivity index (χ2n) is 3.23. The van der Waals surface area contributed by atoms with E-state index in [0.717, 1.165) is 4.47 Å². The molecule has 0 heterocycles. The minimum absolute atomic E-state index is 0.435. The van der Waals surface area contributed by atoms with Gasteiger partial charge in [0.05, 0.1) is 14.5 Å². The minimum Gasteiger partial charge on any atom is -0.453 e. The summed E-state index contributed by atoms with van der Waals surface area (Å²) in [5, 5.41) is 1.50. The second kappa shape index (κ2) is 5.49. The summed E-state index contributed by atoms with van der Waals surface area (Å²) in [5.74, 6) is 1.03. The highest BCUT2D eigenvalue weighted by Gasteiger charge is 2.10. The highest BCUT2D eigenvalue weighted by molar-refractivity contribution is 9.10. The van der Waals surface area contributed by atoms with Crippen LogP contribution in [0.5, 0.6) is 11.5 Å². The Labute approximate surface area is 122 Å².